The van der Waals surface area contributed by atoms with E-state index in [1.807, 2.05) is 37.3 Å². The summed E-state index contributed by atoms with van der Waals surface area (Å²) >= 11 is 2.66. The topological polar surface area (TPSA) is 101 Å². The third-order valence-corrected chi connectivity index (χ3v) is 7.61. The molecule has 9 heteroatoms. The Hall–Kier alpha value is -3.43. The number of rotatable bonds is 5. The van der Waals surface area contributed by atoms with Gasteiger partial charge in [-0.15, -0.1) is 11.3 Å². The molecule has 1 aliphatic heterocycles. The summed E-state index contributed by atoms with van der Waals surface area (Å²) in [4.78, 5) is 47.1. The van der Waals surface area contributed by atoms with Crippen LogP contribution in [-0.4, -0.2) is 33.0 Å². The minimum atomic E-state index is -0.579. The van der Waals surface area contributed by atoms with Crippen molar-refractivity contribution in [3.63, 3.8) is 0 Å². The van der Waals surface area contributed by atoms with Crippen LogP contribution in [0.15, 0.2) is 58.5 Å². The maximum atomic E-state index is 13.1. The smallest absolute Gasteiger partial charge is 0.265 e. The van der Waals surface area contributed by atoms with Gasteiger partial charge in [-0.3, -0.25) is 14.4 Å². The van der Waals surface area contributed by atoms with Crippen molar-refractivity contribution in [2.75, 3.05) is 5.32 Å². The van der Waals surface area contributed by atoms with Crippen molar-refractivity contribution in [1.82, 2.24) is 9.97 Å². The van der Waals surface area contributed by atoms with E-state index in [9.17, 15) is 14.4 Å². The predicted molar refractivity (Wildman–Crippen MR) is 135 cm³/mol. The number of hydrogen-bond acceptors (Lipinski definition) is 7. The first kappa shape index (κ1) is 22.4. The van der Waals surface area contributed by atoms with Gasteiger partial charge in [0.2, 0.25) is 0 Å². The summed E-state index contributed by atoms with van der Waals surface area (Å²) in [6.45, 7) is 5.41. The molecule has 0 fully saturated rings. The van der Waals surface area contributed by atoms with Gasteiger partial charge >= 0.3 is 0 Å². The SMILES string of the molecule is Cc1sc2nc(SC(C)C(=O)c3ccc4c(c3)NC(=O)C(C)O4)[nH]c(=O)c2c1-c1ccccc1. The first-order valence-corrected chi connectivity index (χ1v) is 12.4. The number of ether oxygens (including phenoxy) is 1. The number of thiophene rings is 1. The number of ketones is 1. The molecule has 1 aliphatic rings. The molecule has 2 unspecified atom stereocenters. The molecule has 0 bridgehead atoms. The molecule has 2 N–H and O–H groups in total. The molecule has 0 spiro atoms. The van der Waals surface area contributed by atoms with Crippen molar-refractivity contribution in [3.05, 3.63) is 69.3 Å². The fourth-order valence-electron chi connectivity index (χ4n) is 3.93. The fourth-order valence-corrected chi connectivity index (χ4v) is 5.90. The van der Waals surface area contributed by atoms with Crippen molar-refractivity contribution in [2.24, 2.45) is 0 Å². The Morgan fingerprint density at radius 3 is 2.71 bits per heavy atom. The van der Waals surface area contributed by atoms with Crippen LogP contribution >= 0.6 is 23.1 Å². The molecule has 1 amide bonds. The Morgan fingerprint density at radius 2 is 1.94 bits per heavy atom. The summed E-state index contributed by atoms with van der Waals surface area (Å²) in [5.41, 5.74) is 2.56. The number of carbonyl (C=O) groups is 2. The highest BCUT2D eigenvalue weighted by molar-refractivity contribution is 8.00. The second-order valence-electron chi connectivity index (χ2n) is 8.04. The summed E-state index contributed by atoms with van der Waals surface area (Å²) in [5.74, 6) is 0.133. The molecule has 0 saturated heterocycles. The number of aromatic nitrogens is 2. The largest absolute Gasteiger partial charge is 0.479 e. The number of aryl methyl sites for hydroxylation is 1. The monoisotopic (exact) mass is 491 g/mol. The minimum Gasteiger partial charge on any atom is -0.479 e. The Bertz CT molecular complexity index is 1490. The Labute approximate surface area is 203 Å². The molecule has 2 atom stereocenters. The van der Waals surface area contributed by atoms with Gasteiger partial charge in [0.1, 0.15) is 10.6 Å². The molecule has 4 aromatic rings. The summed E-state index contributed by atoms with van der Waals surface area (Å²) in [7, 11) is 0. The second-order valence-corrected chi connectivity index (χ2v) is 10.6. The van der Waals surface area contributed by atoms with E-state index in [1.165, 1.54) is 23.1 Å². The van der Waals surface area contributed by atoms with Gasteiger partial charge in [-0.2, -0.15) is 0 Å². The number of anilines is 1. The van der Waals surface area contributed by atoms with Gasteiger partial charge in [-0.1, -0.05) is 42.1 Å². The zero-order valence-corrected chi connectivity index (χ0v) is 20.3. The standard InChI is InChI=1S/C25H21N3O4S2/c1-12-22(30)26-17-11-16(9-10-18(17)32-12)21(29)14(3)34-25-27-23(31)20-19(13(2)33-24(20)28-25)15-7-5-4-6-8-15/h4-12,14H,1-3H3,(H,26,30)(H,27,28,31). The van der Waals surface area contributed by atoms with Crippen LogP contribution in [-0.2, 0) is 4.79 Å². The van der Waals surface area contributed by atoms with Gasteiger partial charge in [-0.25, -0.2) is 4.98 Å². The van der Waals surface area contributed by atoms with Gasteiger partial charge in [0.15, 0.2) is 17.0 Å². The number of fused-ring (bicyclic) bond motifs is 2. The van der Waals surface area contributed by atoms with Gasteiger partial charge in [0.25, 0.3) is 11.5 Å². The Morgan fingerprint density at radius 1 is 1.18 bits per heavy atom. The summed E-state index contributed by atoms with van der Waals surface area (Å²) in [6, 6.07) is 14.7. The Balaban J connectivity index is 1.41. The molecule has 5 rings (SSSR count). The number of carbonyl (C=O) groups excluding carboxylic acids is 2. The molecule has 0 aliphatic carbocycles. The predicted octanol–water partition coefficient (Wildman–Crippen LogP) is 5.04. The molecule has 2 aromatic carbocycles. The minimum absolute atomic E-state index is 0.143. The Kier molecular flexibility index (Phi) is 5.75. The molecule has 172 valence electrons. The average Bonchev–Trinajstić information content (AvgIpc) is 3.15. The van der Waals surface area contributed by atoms with E-state index in [4.69, 9.17) is 4.74 Å². The lowest BCUT2D eigenvalue weighted by Crippen LogP contribution is -2.34. The number of aromatic amines is 1. The highest BCUT2D eigenvalue weighted by atomic mass is 32.2. The van der Waals surface area contributed by atoms with Crippen molar-refractivity contribution in [2.45, 2.75) is 37.3 Å². The summed E-state index contributed by atoms with van der Waals surface area (Å²) in [5, 5.41) is 3.21. The van der Waals surface area contributed by atoms with E-state index in [2.05, 4.69) is 15.3 Å². The molecule has 34 heavy (non-hydrogen) atoms. The average molecular weight is 492 g/mol. The fraction of sp³-hybridized carbons (Fsp3) is 0.200. The third kappa shape index (κ3) is 4.01. The first-order valence-electron chi connectivity index (χ1n) is 10.7. The number of nitrogens with one attached hydrogen (secondary N) is 2. The van der Waals surface area contributed by atoms with E-state index in [1.54, 1.807) is 32.0 Å². The van der Waals surface area contributed by atoms with Crippen molar-refractivity contribution >= 4 is 50.7 Å². The van der Waals surface area contributed by atoms with Crippen LogP contribution in [0.25, 0.3) is 21.3 Å². The van der Waals surface area contributed by atoms with Crippen LogP contribution in [0.4, 0.5) is 5.69 Å². The van der Waals surface area contributed by atoms with Crippen molar-refractivity contribution in [1.29, 1.82) is 0 Å². The highest BCUT2D eigenvalue weighted by Gasteiger charge is 2.26. The lowest BCUT2D eigenvalue weighted by Gasteiger charge is -2.23. The highest BCUT2D eigenvalue weighted by Crippen LogP contribution is 2.37. The van der Waals surface area contributed by atoms with E-state index in [0.29, 0.717) is 32.4 Å². The first-order chi connectivity index (χ1) is 16.3. The zero-order valence-electron chi connectivity index (χ0n) is 18.7. The molecule has 3 heterocycles. The molecule has 0 radical (unpaired) electrons. The van der Waals surface area contributed by atoms with Crippen LogP contribution in [0.1, 0.15) is 29.1 Å². The molecule has 7 nitrogen and oxygen atoms in total. The lowest BCUT2D eigenvalue weighted by molar-refractivity contribution is -0.122. The van der Waals surface area contributed by atoms with Crippen LogP contribution in [0.5, 0.6) is 5.75 Å². The molecular weight excluding hydrogens is 470 g/mol. The van der Waals surface area contributed by atoms with Gasteiger partial charge in [0, 0.05) is 16.0 Å². The zero-order chi connectivity index (χ0) is 24.0. The van der Waals surface area contributed by atoms with Crippen molar-refractivity contribution in [3.8, 4) is 16.9 Å². The summed E-state index contributed by atoms with van der Waals surface area (Å²) < 4.78 is 5.56. The van der Waals surface area contributed by atoms with E-state index < -0.39 is 11.4 Å². The number of benzene rings is 2. The van der Waals surface area contributed by atoms with Crippen molar-refractivity contribution < 1.29 is 14.3 Å². The normalized spacial score (nSPS) is 16.0. The molecule has 0 saturated carbocycles. The van der Waals surface area contributed by atoms with Gasteiger partial charge < -0.3 is 15.0 Å². The number of nitrogens with zero attached hydrogens (tertiary/aromatic N) is 1. The van der Waals surface area contributed by atoms with Crippen LogP contribution in [0.2, 0.25) is 0 Å². The van der Waals surface area contributed by atoms with E-state index >= 15 is 0 Å². The molecular formula is C25H21N3O4S2. The van der Waals surface area contributed by atoms with Crippen LogP contribution in [0.3, 0.4) is 0 Å². The molecule has 2 aromatic heterocycles. The lowest BCUT2D eigenvalue weighted by atomic mass is 10.0. The number of H-pyrrole nitrogens is 1. The number of hydrogen-bond donors (Lipinski definition) is 2. The number of amides is 1. The maximum absolute atomic E-state index is 13.1. The van der Waals surface area contributed by atoms with E-state index in [-0.39, 0.29) is 17.2 Å². The van der Waals surface area contributed by atoms with Gasteiger partial charge in [-0.05, 0) is 44.5 Å². The maximum Gasteiger partial charge on any atom is 0.265 e. The summed E-state index contributed by atoms with van der Waals surface area (Å²) in [6.07, 6.45) is -0.579. The van der Waals surface area contributed by atoms with Gasteiger partial charge in [0.05, 0.1) is 16.3 Å². The van der Waals surface area contributed by atoms with Crippen LogP contribution < -0.4 is 15.6 Å². The second kappa shape index (κ2) is 8.73. The number of thioether (sulfide) groups is 1. The van der Waals surface area contributed by atoms with E-state index in [0.717, 1.165) is 16.0 Å². The van der Waals surface area contributed by atoms with Crippen LogP contribution in [0, 0.1) is 6.92 Å². The number of Topliss-reactive ketones (excluding diaryl/α,β-unsaturated/α-hetero) is 1. The third-order valence-electron chi connectivity index (χ3n) is 5.63. The quantitative estimate of drug-likeness (QED) is 0.230.